The van der Waals surface area contributed by atoms with Gasteiger partial charge in [0.05, 0.1) is 5.56 Å². The highest BCUT2D eigenvalue weighted by Gasteiger charge is 2.11. The lowest BCUT2D eigenvalue weighted by atomic mass is 10.1. The Morgan fingerprint density at radius 1 is 1.27 bits per heavy atom. The predicted octanol–water partition coefficient (Wildman–Crippen LogP) is 3.70. The first kappa shape index (κ1) is 16.5. The van der Waals surface area contributed by atoms with Gasteiger partial charge in [0.25, 0.3) is 5.91 Å². The van der Waals surface area contributed by atoms with Crippen LogP contribution >= 0.6 is 11.8 Å². The Hall–Kier alpha value is -1.88. The van der Waals surface area contributed by atoms with Crippen molar-refractivity contribution in [3.05, 3.63) is 59.5 Å². The molecule has 1 aromatic heterocycles. The molecular formula is C17H19FN2OS. The van der Waals surface area contributed by atoms with Crippen LogP contribution < -0.4 is 5.32 Å². The molecule has 1 heterocycles. The van der Waals surface area contributed by atoms with Crippen molar-refractivity contribution >= 4 is 17.7 Å². The van der Waals surface area contributed by atoms with E-state index in [-0.39, 0.29) is 11.7 Å². The van der Waals surface area contributed by atoms with Crippen LogP contribution in [0.3, 0.4) is 0 Å². The second-order valence-electron chi connectivity index (χ2n) is 4.84. The SMILES string of the molecule is CCCSc1ncccc1C(=O)NCCc1ccc(F)cc1. The number of carbonyl (C=O) groups is 1. The van der Waals surface area contributed by atoms with Gasteiger partial charge in [0.15, 0.2) is 0 Å². The van der Waals surface area contributed by atoms with Gasteiger partial charge in [-0.3, -0.25) is 4.79 Å². The number of nitrogens with zero attached hydrogens (tertiary/aromatic N) is 1. The third kappa shape index (κ3) is 4.84. The van der Waals surface area contributed by atoms with Crippen molar-refractivity contribution in [1.82, 2.24) is 10.3 Å². The van der Waals surface area contributed by atoms with E-state index in [1.165, 1.54) is 12.1 Å². The molecule has 1 aromatic carbocycles. The van der Waals surface area contributed by atoms with Gasteiger partial charge in [-0.05, 0) is 48.4 Å². The summed E-state index contributed by atoms with van der Waals surface area (Å²) >= 11 is 1.59. The van der Waals surface area contributed by atoms with Crippen molar-refractivity contribution in [3.8, 4) is 0 Å². The molecule has 0 aliphatic rings. The molecule has 1 N–H and O–H groups in total. The molecule has 0 bridgehead atoms. The lowest BCUT2D eigenvalue weighted by Gasteiger charge is -2.09. The van der Waals surface area contributed by atoms with Crippen LogP contribution in [0.4, 0.5) is 4.39 Å². The van der Waals surface area contributed by atoms with Crippen LogP contribution in [0.25, 0.3) is 0 Å². The molecule has 2 aromatic rings. The Kier molecular flexibility index (Phi) is 6.40. The van der Waals surface area contributed by atoms with Crippen molar-refractivity contribution in [1.29, 1.82) is 0 Å². The summed E-state index contributed by atoms with van der Waals surface area (Å²) in [4.78, 5) is 16.5. The summed E-state index contributed by atoms with van der Waals surface area (Å²) in [6.45, 7) is 2.61. The van der Waals surface area contributed by atoms with E-state index in [0.29, 0.717) is 18.5 Å². The van der Waals surface area contributed by atoms with Gasteiger partial charge in [0.1, 0.15) is 10.8 Å². The predicted molar refractivity (Wildman–Crippen MR) is 87.7 cm³/mol. The highest BCUT2D eigenvalue weighted by atomic mass is 32.2. The van der Waals surface area contributed by atoms with Crippen LogP contribution in [-0.2, 0) is 6.42 Å². The van der Waals surface area contributed by atoms with Gasteiger partial charge in [0, 0.05) is 12.7 Å². The van der Waals surface area contributed by atoms with Crippen LogP contribution in [0, 0.1) is 5.82 Å². The van der Waals surface area contributed by atoms with E-state index in [0.717, 1.165) is 22.8 Å². The smallest absolute Gasteiger partial charge is 0.254 e. The minimum Gasteiger partial charge on any atom is -0.352 e. The summed E-state index contributed by atoms with van der Waals surface area (Å²) in [6, 6.07) is 9.88. The average Bonchev–Trinajstić information content (AvgIpc) is 2.55. The highest BCUT2D eigenvalue weighted by Crippen LogP contribution is 2.20. The molecule has 2 rings (SSSR count). The third-order valence-electron chi connectivity index (χ3n) is 3.07. The molecule has 0 unspecified atom stereocenters. The van der Waals surface area contributed by atoms with Gasteiger partial charge in [-0.1, -0.05) is 19.1 Å². The fraction of sp³-hybridized carbons (Fsp3) is 0.294. The van der Waals surface area contributed by atoms with Crippen molar-refractivity contribution in [2.24, 2.45) is 0 Å². The molecule has 1 amide bonds. The number of thioether (sulfide) groups is 1. The number of hydrogen-bond donors (Lipinski definition) is 1. The summed E-state index contributed by atoms with van der Waals surface area (Å²) in [7, 11) is 0. The number of rotatable bonds is 7. The van der Waals surface area contributed by atoms with Crippen LogP contribution in [0.5, 0.6) is 0 Å². The van der Waals surface area contributed by atoms with E-state index >= 15 is 0 Å². The first-order valence-corrected chi connectivity index (χ1v) is 8.29. The third-order valence-corrected chi connectivity index (χ3v) is 4.28. The molecule has 0 aliphatic heterocycles. The summed E-state index contributed by atoms with van der Waals surface area (Å²) in [5, 5.41) is 3.66. The van der Waals surface area contributed by atoms with E-state index in [1.54, 1.807) is 42.2 Å². The first-order chi connectivity index (χ1) is 10.7. The highest BCUT2D eigenvalue weighted by molar-refractivity contribution is 7.99. The number of amides is 1. The molecule has 3 nitrogen and oxygen atoms in total. The zero-order chi connectivity index (χ0) is 15.8. The summed E-state index contributed by atoms with van der Waals surface area (Å²) in [5.41, 5.74) is 1.61. The molecule has 116 valence electrons. The Morgan fingerprint density at radius 2 is 2.05 bits per heavy atom. The maximum atomic E-state index is 12.8. The number of hydrogen-bond acceptors (Lipinski definition) is 3. The van der Waals surface area contributed by atoms with Crippen LogP contribution in [0.1, 0.15) is 29.3 Å². The summed E-state index contributed by atoms with van der Waals surface area (Å²) in [6.07, 6.45) is 3.41. The zero-order valence-corrected chi connectivity index (χ0v) is 13.3. The molecule has 0 saturated heterocycles. The van der Waals surface area contributed by atoms with Crippen molar-refractivity contribution < 1.29 is 9.18 Å². The molecule has 0 aliphatic carbocycles. The van der Waals surface area contributed by atoms with Gasteiger partial charge in [-0.2, -0.15) is 0 Å². The molecule has 0 atom stereocenters. The van der Waals surface area contributed by atoms with E-state index in [9.17, 15) is 9.18 Å². The summed E-state index contributed by atoms with van der Waals surface area (Å²) < 4.78 is 12.8. The van der Waals surface area contributed by atoms with Crippen molar-refractivity contribution in [2.45, 2.75) is 24.8 Å². The number of nitrogens with one attached hydrogen (secondary N) is 1. The van der Waals surface area contributed by atoms with E-state index < -0.39 is 0 Å². The normalized spacial score (nSPS) is 10.5. The number of halogens is 1. The quantitative estimate of drug-likeness (QED) is 0.792. The minimum atomic E-state index is -0.249. The van der Waals surface area contributed by atoms with Gasteiger partial charge >= 0.3 is 0 Å². The Bertz CT molecular complexity index is 616. The number of aromatic nitrogens is 1. The van der Waals surface area contributed by atoms with E-state index in [1.807, 2.05) is 0 Å². The molecule has 0 saturated carbocycles. The second-order valence-corrected chi connectivity index (χ2v) is 5.92. The zero-order valence-electron chi connectivity index (χ0n) is 12.5. The lowest BCUT2D eigenvalue weighted by molar-refractivity contribution is 0.0950. The second kappa shape index (κ2) is 8.54. The average molecular weight is 318 g/mol. The molecular weight excluding hydrogens is 299 g/mol. The number of carbonyl (C=O) groups excluding carboxylic acids is 1. The topological polar surface area (TPSA) is 42.0 Å². The maximum absolute atomic E-state index is 12.8. The Balaban J connectivity index is 1.90. The van der Waals surface area contributed by atoms with Gasteiger partial charge in [0.2, 0.25) is 0 Å². The molecule has 0 spiro atoms. The van der Waals surface area contributed by atoms with E-state index in [4.69, 9.17) is 0 Å². The monoisotopic (exact) mass is 318 g/mol. The first-order valence-electron chi connectivity index (χ1n) is 7.31. The fourth-order valence-electron chi connectivity index (χ4n) is 1.94. The Morgan fingerprint density at radius 3 is 2.77 bits per heavy atom. The number of benzene rings is 1. The molecule has 0 radical (unpaired) electrons. The largest absolute Gasteiger partial charge is 0.352 e. The summed E-state index contributed by atoms with van der Waals surface area (Å²) in [5.74, 6) is 0.571. The molecule has 5 heteroatoms. The molecule has 22 heavy (non-hydrogen) atoms. The van der Waals surface area contributed by atoms with E-state index in [2.05, 4.69) is 17.2 Å². The van der Waals surface area contributed by atoms with Crippen molar-refractivity contribution in [2.75, 3.05) is 12.3 Å². The van der Waals surface area contributed by atoms with Crippen molar-refractivity contribution in [3.63, 3.8) is 0 Å². The van der Waals surface area contributed by atoms with Crippen LogP contribution in [-0.4, -0.2) is 23.2 Å². The van der Waals surface area contributed by atoms with Gasteiger partial charge in [-0.15, -0.1) is 11.8 Å². The fourth-order valence-corrected chi connectivity index (χ4v) is 2.79. The Labute approximate surface area is 134 Å². The maximum Gasteiger partial charge on any atom is 0.254 e. The van der Waals surface area contributed by atoms with Gasteiger partial charge < -0.3 is 5.32 Å². The minimum absolute atomic E-state index is 0.117. The standard InChI is InChI=1S/C17H19FN2OS/c1-2-12-22-17-15(4-3-10-20-17)16(21)19-11-9-13-5-7-14(18)8-6-13/h3-8,10H,2,9,11-12H2,1H3,(H,19,21). The molecule has 0 fully saturated rings. The van der Waals surface area contributed by atoms with Crippen LogP contribution in [0.15, 0.2) is 47.6 Å². The lowest BCUT2D eigenvalue weighted by Crippen LogP contribution is -2.26. The van der Waals surface area contributed by atoms with Gasteiger partial charge in [-0.25, -0.2) is 9.37 Å². The number of pyridine rings is 1. The van der Waals surface area contributed by atoms with Crippen LogP contribution in [0.2, 0.25) is 0 Å².